The second-order valence-electron chi connectivity index (χ2n) is 2.15. The number of aliphatic hydroxyl groups is 1. The van der Waals surface area contributed by atoms with Gasteiger partial charge in [-0.15, -0.1) is 0 Å². The van der Waals surface area contributed by atoms with Crippen LogP contribution in [0.1, 0.15) is 6.42 Å². The van der Waals surface area contributed by atoms with Crippen LogP contribution in [0.25, 0.3) is 0 Å². The fourth-order valence-electron chi connectivity index (χ4n) is 0.915. The first-order valence-corrected chi connectivity index (χ1v) is 2.80. The fraction of sp³-hybridized carbons (Fsp3) is 1.00. The Kier molecular flexibility index (Phi) is 1.81. The molecule has 0 radical (unpaired) electrons. The smallest absolute Gasteiger partial charge is 0.105 e. The summed E-state index contributed by atoms with van der Waals surface area (Å²) >= 11 is 0. The third-order valence-electron chi connectivity index (χ3n) is 1.39. The summed E-state index contributed by atoms with van der Waals surface area (Å²) in [4.78, 5) is 0. The van der Waals surface area contributed by atoms with E-state index in [1.165, 1.54) is 0 Å². The zero-order valence-corrected chi connectivity index (χ0v) is 4.60. The molecule has 1 aliphatic rings. The highest BCUT2D eigenvalue weighted by Crippen LogP contribution is 2.05. The Hall–Kier alpha value is -0.150. The van der Waals surface area contributed by atoms with E-state index in [0.717, 1.165) is 0 Å². The Morgan fingerprint density at radius 3 is 2.75 bits per heavy atom. The number of aliphatic hydroxyl groups excluding tert-OH is 1. The standard InChI is InChI=1S/C5H10FNO/c6-2-4-1-5(8)3-7-4/h4-5,7-8H,1-3H2/t4-,5-/m0/s1. The van der Waals surface area contributed by atoms with E-state index in [0.29, 0.717) is 13.0 Å². The molecule has 0 unspecified atom stereocenters. The van der Waals surface area contributed by atoms with Gasteiger partial charge in [-0.1, -0.05) is 0 Å². The molecule has 8 heavy (non-hydrogen) atoms. The number of hydrogen-bond donors (Lipinski definition) is 2. The average molecular weight is 119 g/mol. The van der Waals surface area contributed by atoms with Crippen molar-refractivity contribution in [3.63, 3.8) is 0 Å². The number of alkyl halides is 1. The van der Waals surface area contributed by atoms with E-state index in [9.17, 15) is 4.39 Å². The lowest BCUT2D eigenvalue weighted by molar-refractivity contribution is 0.191. The quantitative estimate of drug-likeness (QED) is 0.495. The van der Waals surface area contributed by atoms with E-state index in [1.54, 1.807) is 0 Å². The van der Waals surface area contributed by atoms with Crippen molar-refractivity contribution in [2.24, 2.45) is 0 Å². The molecule has 1 rings (SSSR count). The van der Waals surface area contributed by atoms with Gasteiger partial charge in [0.2, 0.25) is 0 Å². The molecule has 0 saturated carbocycles. The third kappa shape index (κ3) is 1.17. The zero-order chi connectivity index (χ0) is 5.98. The molecule has 2 atom stereocenters. The van der Waals surface area contributed by atoms with Gasteiger partial charge in [0.1, 0.15) is 6.67 Å². The van der Waals surface area contributed by atoms with Crippen LogP contribution in [0.15, 0.2) is 0 Å². The van der Waals surface area contributed by atoms with Crippen LogP contribution in [0.3, 0.4) is 0 Å². The van der Waals surface area contributed by atoms with Gasteiger partial charge in [0.15, 0.2) is 0 Å². The van der Waals surface area contributed by atoms with E-state index in [4.69, 9.17) is 5.11 Å². The molecule has 0 aromatic heterocycles. The predicted octanol–water partition coefficient (Wildman–Crippen LogP) is -0.321. The van der Waals surface area contributed by atoms with Gasteiger partial charge in [0.05, 0.1) is 6.10 Å². The average Bonchev–Trinajstić information content (AvgIpc) is 2.14. The van der Waals surface area contributed by atoms with Crippen molar-refractivity contribution >= 4 is 0 Å². The van der Waals surface area contributed by atoms with Crippen LogP contribution < -0.4 is 5.32 Å². The number of nitrogens with one attached hydrogen (secondary N) is 1. The van der Waals surface area contributed by atoms with Crippen LogP contribution >= 0.6 is 0 Å². The Bertz CT molecular complexity index is 78.8. The predicted molar refractivity (Wildman–Crippen MR) is 28.4 cm³/mol. The van der Waals surface area contributed by atoms with Crippen molar-refractivity contribution in [2.45, 2.75) is 18.6 Å². The molecule has 1 aliphatic heterocycles. The lowest BCUT2D eigenvalue weighted by Crippen LogP contribution is -2.22. The summed E-state index contributed by atoms with van der Waals surface area (Å²) in [5.41, 5.74) is 0. The molecule has 0 amide bonds. The molecule has 0 spiro atoms. The Labute approximate surface area is 47.7 Å². The Morgan fingerprint density at radius 1 is 1.75 bits per heavy atom. The van der Waals surface area contributed by atoms with E-state index >= 15 is 0 Å². The van der Waals surface area contributed by atoms with Crippen molar-refractivity contribution < 1.29 is 9.50 Å². The molecular formula is C5H10FNO. The van der Waals surface area contributed by atoms with Crippen molar-refractivity contribution in [1.82, 2.24) is 5.32 Å². The van der Waals surface area contributed by atoms with Gasteiger partial charge < -0.3 is 10.4 Å². The maximum atomic E-state index is 11.7. The van der Waals surface area contributed by atoms with Gasteiger partial charge >= 0.3 is 0 Å². The molecule has 0 aromatic rings. The number of β-amino-alcohol motifs (C(OH)–C–C–N with tert-alkyl or cyclic N) is 1. The molecule has 0 aliphatic carbocycles. The fourth-order valence-corrected chi connectivity index (χ4v) is 0.915. The molecular weight excluding hydrogens is 109 g/mol. The summed E-state index contributed by atoms with van der Waals surface area (Å²) in [6, 6.07) is -0.0926. The third-order valence-corrected chi connectivity index (χ3v) is 1.39. The van der Waals surface area contributed by atoms with E-state index in [2.05, 4.69) is 5.32 Å². The highest BCUT2D eigenvalue weighted by atomic mass is 19.1. The number of halogens is 1. The lowest BCUT2D eigenvalue weighted by atomic mass is 10.2. The SMILES string of the molecule is O[C@@H]1CN[C@H](CF)C1. The second kappa shape index (κ2) is 2.42. The summed E-state index contributed by atoms with van der Waals surface area (Å²) in [6.45, 7) is 0.186. The zero-order valence-electron chi connectivity index (χ0n) is 4.60. The first-order valence-electron chi connectivity index (χ1n) is 2.80. The monoisotopic (exact) mass is 119 g/mol. The van der Waals surface area contributed by atoms with Crippen LogP contribution in [0, 0.1) is 0 Å². The number of rotatable bonds is 1. The van der Waals surface area contributed by atoms with Crippen molar-refractivity contribution in [3.05, 3.63) is 0 Å². The molecule has 0 aromatic carbocycles. The van der Waals surface area contributed by atoms with Gasteiger partial charge in [0.25, 0.3) is 0 Å². The highest BCUT2D eigenvalue weighted by molar-refractivity contribution is 4.79. The maximum Gasteiger partial charge on any atom is 0.105 e. The van der Waals surface area contributed by atoms with E-state index in [1.807, 2.05) is 0 Å². The summed E-state index contributed by atoms with van der Waals surface area (Å²) in [5, 5.41) is 11.6. The molecule has 3 heteroatoms. The molecule has 1 fully saturated rings. The Morgan fingerprint density at radius 2 is 2.50 bits per heavy atom. The normalized spacial score (nSPS) is 38.2. The number of hydrogen-bond acceptors (Lipinski definition) is 2. The molecule has 0 bridgehead atoms. The van der Waals surface area contributed by atoms with Gasteiger partial charge in [-0.25, -0.2) is 4.39 Å². The van der Waals surface area contributed by atoms with Gasteiger partial charge in [-0.05, 0) is 6.42 Å². The van der Waals surface area contributed by atoms with Crippen LogP contribution in [0.2, 0.25) is 0 Å². The maximum absolute atomic E-state index is 11.7. The largest absolute Gasteiger partial charge is 0.392 e. The summed E-state index contributed by atoms with van der Waals surface area (Å²) in [6.07, 6.45) is 0.243. The van der Waals surface area contributed by atoms with Crippen molar-refractivity contribution in [3.8, 4) is 0 Å². The van der Waals surface area contributed by atoms with E-state index < -0.39 is 0 Å². The highest BCUT2D eigenvalue weighted by Gasteiger charge is 2.20. The lowest BCUT2D eigenvalue weighted by Gasteiger charge is -1.99. The van der Waals surface area contributed by atoms with Crippen LogP contribution in [-0.4, -0.2) is 30.5 Å². The summed E-state index contributed by atoms with van der Waals surface area (Å²) in [7, 11) is 0. The van der Waals surface area contributed by atoms with Crippen molar-refractivity contribution in [1.29, 1.82) is 0 Å². The van der Waals surface area contributed by atoms with Gasteiger partial charge in [-0.2, -0.15) is 0 Å². The molecule has 48 valence electrons. The first kappa shape index (κ1) is 5.98. The Balaban J connectivity index is 2.22. The second-order valence-corrected chi connectivity index (χ2v) is 2.15. The van der Waals surface area contributed by atoms with Gasteiger partial charge in [0, 0.05) is 12.6 Å². The minimum atomic E-state index is -0.364. The van der Waals surface area contributed by atoms with Crippen LogP contribution in [-0.2, 0) is 0 Å². The van der Waals surface area contributed by atoms with Crippen LogP contribution in [0.4, 0.5) is 4.39 Å². The minimum Gasteiger partial charge on any atom is -0.392 e. The first-order chi connectivity index (χ1) is 3.83. The van der Waals surface area contributed by atoms with Crippen molar-refractivity contribution in [2.75, 3.05) is 13.2 Å². The molecule has 1 heterocycles. The topological polar surface area (TPSA) is 32.3 Å². The van der Waals surface area contributed by atoms with E-state index in [-0.39, 0.29) is 18.8 Å². The summed E-state index contributed by atoms with van der Waals surface area (Å²) in [5.74, 6) is 0. The molecule has 1 saturated heterocycles. The molecule has 2 N–H and O–H groups in total. The summed E-state index contributed by atoms with van der Waals surface area (Å²) < 4.78 is 11.7. The van der Waals surface area contributed by atoms with Gasteiger partial charge in [-0.3, -0.25) is 0 Å². The minimum absolute atomic E-state index is 0.0926. The molecule has 2 nitrogen and oxygen atoms in total. The van der Waals surface area contributed by atoms with Crippen LogP contribution in [0.5, 0.6) is 0 Å².